The van der Waals surface area contributed by atoms with E-state index in [1.807, 2.05) is 0 Å². The predicted octanol–water partition coefficient (Wildman–Crippen LogP) is 4.61. The smallest absolute Gasteiger partial charge is 0.0635 e. The molecule has 0 atom stereocenters. The van der Waals surface area contributed by atoms with Crippen LogP contribution in [0, 0.1) is 22.7 Å². The molecule has 0 aromatic rings. The molecule has 1 saturated carbocycles. The van der Waals surface area contributed by atoms with Gasteiger partial charge in [0.2, 0.25) is 0 Å². The molecule has 1 aliphatic carbocycles. The normalized spacial score (nSPS) is 25.4. The summed E-state index contributed by atoms with van der Waals surface area (Å²) in [5.41, 5.74) is 0.625. The van der Waals surface area contributed by atoms with Gasteiger partial charge in [-0.15, -0.1) is 0 Å². The third kappa shape index (κ3) is 4.80. The summed E-state index contributed by atoms with van der Waals surface area (Å²) in [5.74, 6) is 0.863. The highest BCUT2D eigenvalue weighted by molar-refractivity contribution is 4.90. The van der Waals surface area contributed by atoms with Crippen LogP contribution < -0.4 is 0 Å². The van der Waals surface area contributed by atoms with Crippen LogP contribution in [0.25, 0.3) is 0 Å². The van der Waals surface area contributed by atoms with Gasteiger partial charge in [-0.3, -0.25) is 4.90 Å². The summed E-state index contributed by atoms with van der Waals surface area (Å²) < 4.78 is 0. The SMILES string of the molecule is CC(C)(C)C1CCC(N(CCC#N)C(C)(C)C)CC1. The molecule has 0 unspecified atom stereocenters. The zero-order valence-corrected chi connectivity index (χ0v) is 13.8. The highest BCUT2D eigenvalue weighted by Gasteiger charge is 2.35. The Morgan fingerprint density at radius 3 is 1.89 bits per heavy atom. The molecule has 0 radical (unpaired) electrons. The first-order valence-electron chi connectivity index (χ1n) is 7.80. The zero-order chi connectivity index (χ0) is 14.7. The Hall–Kier alpha value is -0.550. The molecule has 0 bridgehead atoms. The molecule has 1 rings (SSSR count). The molecule has 0 heterocycles. The molecule has 0 spiro atoms. The van der Waals surface area contributed by atoms with Gasteiger partial charge in [-0.25, -0.2) is 0 Å². The number of rotatable bonds is 3. The maximum atomic E-state index is 8.85. The maximum absolute atomic E-state index is 8.85. The van der Waals surface area contributed by atoms with E-state index in [0.29, 0.717) is 17.9 Å². The molecule has 19 heavy (non-hydrogen) atoms. The van der Waals surface area contributed by atoms with E-state index < -0.39 is 0 Å². The van der Waals surface area contributed by atoms with Crippen molar-refractivity contribution in [2.75, 3.05) is 6.54 Å². The Bertz CT molecular complexity index is 306. The molecule has 0 N–H and O–H groups in total. The molecule has 0 aromatic heterocycles. The lowest BCUT2D eigenvalue weighted by Gasteiger charge is -2.46. The third-order valence-electron chi connectivity index (χ3n) is 4.69. The Morgan fingerprint density at radius 1 is 1.00 bits per heavy atom. The first-order valence-corrected chi connectivity index (χ1v) is 7.80. The van der Waals surface area contributed by atoms with Crippen LogP contribution in [0.2, 0.25) is 0 Å². The van der Waals surface area contributed by atoms with Gasteiger partial charge in [0.15, 0.2) is 0 Å². The van der Waals surface area contributed by atoms with Crippen LogP contribution in [-0.4, -0.2) is 23.0 Å². The second-order valence-corrected chi connectivity index (χ2v) is 8.14. The van der Waals surface area contributed by atoms with Gasteiger partial charge in [0.05, 0.1) is 6.07 Å². The third-order valence-corrected chi connectivity index (χ3v) is 4.69. The number of hydrogen-bond acceptors (Lipinski definition) is 2. The van der Waals surface area contributed by atoms with Gasteiger partial charge in [-0.05, 0) is 57.8 Å². The first-order chi connectivity index (χ1) is 8.66. The summed E-state index contributed by atoms with van der Waals surface area (Å²) in [7, 11) is 0. The second-order valence-electron chi connectivity index (χ2n) is 8.14. The quantitative estimate of drug-likeness (QED) is 0.744. The Morgan fingerprint density at radius 2 is 1.53 bits per heavy atom. The highest BCUT2D eigenvalue weighted by Crippen LogP contribution is 2.40. The molecule has 0 aliphatic heterocycles. The van der Waals surface area contributed by atoms with Crippen LogP contribution in [0.5, 0.6) is 0 Å². The number of hydrogen-bond donors (Lipinski definition) is 0. The largest absolute Gasteiger partial charge is 0.295 e. The summed E-state index contributed by atoms with van der Waals surface area (Å²) in [6.07, 6.45) is 5.92. The fourth-order valence-corrected chi connectivity index (χ4v) is 3.49. The van der Waals surface area contributed by atoms with E-state index in [0.717, 1.165) is 12.5 Å². The van der Waals surface area contributed by atoms with Gasteiger partial charge < -0.3 is 0 Å². The van der Waals surface area contributed by atoms with E-state index in [9.17, 15) is 0 Å². The fourth-order valence-electron chi connectivity index (χ4n) is 3.49. The van der Waals surface area contributed by atoms with E-state index in [-0.39, 0.29) is 5.54 Å². The standard InChI is InChI=1S/C17H32N2/c1-16(2,3)14-8-10-15(11-9-14)19(13-7-12-18)17(4,5)6/h14-15H,7-11,13H2,1-6H3. The molecule has 1 aliphatic rings. The average molecular weight is 264 g/mol. The van der Waals surface area contributed by atoms with Crippen molar-refractivity contribution in [3.8, 4) is 6.07 Å². The van der Waals surface area contributed by atoms with E-state index >= 15 is 0 Å². The van der Waals surface area contributed by atoms with Crippen molar-refractivity contribution in [3.05, 3.63) is 0 Å². The van der Waals surface area contributed by atoms with Crippen LogP contribution >= 0.6 is 0 Å². The molecule has 110 valence electrons. The van der Waals surface area contributed by atoms with Crippen LogP contribution in [0.1, 0.15) is 73.6 Å². The van der Waals surface area contributed by atoms with Gasteiger partial charge in [0.25, 0.3) is 0 Å². The zero-order valence-electron chi connectivity index (χ0n) is 13.8. The van der Waals surface area contributed by atoms with Crippen molar-refractivity contribution >= 4 is 0 Å². The Balaban J connectivity index is 2.62. The van der Waals surface area contributed by atoms with Crippen LogP contribution in [0.15, 0.2) is 0 Å². The fraction of sp³-hybridized carbons (Fsp3) is 0.941. The first kappa shape index (κ1) is 16.5. The van der Waals surface area contributed by atoms with Gasteiger partial charge in [0, 0.05) is 24.5 Å². The van der Waals surface area contributed by atoms with Gasteiger partial charge in [0.1, 0.15) is 0 Å². The minimum absolute atomic E-state index is 0.177. The van der Waals surface area contributed by atoms with Gasteiger partial charge in [-0.1, -0.05) is 20.8 Å². The van der Waals surface area contributed by atoms with Crippen LogP contribution in [0.4, 0.5) is 0 Å². The average Bonchev–Trinajstić information content (AvgIpc) is 2.27. The van der Waals surface area contributed by atoms with E-state index in [1.54, 1.807) is 0 Å². The minimum atomic E-state index is 0.177. The lowest BCUT2D eigenvalue weighted by atomic mass is 9.71. The van der Waals surface area contributed by atoms with Gasteiger partial charge >= 0.3 is 0 Å². The van der Waals surface area contributed by atoms with Crippen molar-refractivity contribution in [1.82, 2.24) is 4.90 Å². The maximum Gasteiger partial charge on any atom is 0.0635 e. The van der Waals surface area contributed by atoms with E-state index in [4.69, 9.17) is 5.26 Å². The monoisotopic (exact) mass is 264 g/mol. The van der Waals surface area contributed by atoms with Crippen molar-refractivity contribution in [2.24, 2.45) is 11.3 Å². The molecule has 1 fully saturated rings. The summed E-state index contributed by atoms with van der Waals surface area (Å²) in [5, 5.41) is 8.85. The van der Waals surface area contributed by atoms with Crippen molar-refractivity contribution < 1.29 is 0 Å². The molecule has 2 heteroatoms. The lowest BCUT2D eigenvalue weighted by Crippen LogP contribution is -2.50. The predicted molar refractivity (Wildman–Crippen MR) is 81.9 cm³/mol. The topological polar surface area (TPSA) is 27.0 Å². The van der Waals surface area contributed by atoms with E-state index in [1.165, 1.54) is 25.7 Å². The molecule has 0 amide bonds. The van der Waals surface area contributed by atoms with Crippen LogP contribution in [-0.2, 0) is 0 Å². The summed E-state index contributed by atoms with van der Waals surface area (Å²) in [4.78, 5) is 2.56. The van der Waals surface area contributed by atoms with Crippen molar-refractivity contribution in [2.45, 2.75) is 85.2 Å². The minimum Gasteiger partial charge on any atom is -0.295 e. The number of nitrogens with zero attached hydrogens (tertiary/aromatic N) is 2. The lowest BCUT2D eigenvalue weighted by molar-refractivity contribution is 0.0372. The molecular formula is C17H32N2. The molecular weight excluding hydrogens is 232 g/mol. The van der Waals surface area contributed by atoms with E-state index in [2.05, 4.69) is 52.5 Å². The Labute approximate surface area is 120 Å². The van der Waals surface area contributed by atoms with Crippen molar-refractivity contribution in [3.63, 3.8) is 0 Å². The number of nitriles is 1. The molecule has 0 aromatic carbocycles. The van der Waals surface area contributed by atoms with Gasteiger partial charge in [-0.2, -0.15) is 5.26 Å². The highest BCUT2D eigenvalue weighted by atomic mass is 15.2. The van der Waals surface area contributed by atoms with Crippen molar-refractivity contribution in [1.29, 1.82) is 5.26 Å². The van der Waals surface area contributed by atoms with Crippen LogP contribution in [0.3, 0.4) is 0 Å². The summed E-state index contributed by atoms with van der Waals surface area (Å²) >= 11 is 0. The molecule has 0 saturated heterocycles. The summed E-state index contributed by atoms with van der Waals surface area (Å²) in [6, 6.07) is 2.97. The Kier molecular flexibility index (Phi) is 5.44. The second kappa shape index (κ2) is 6.27. The summed E-state index contributed by atoms with van der Waals surface area (Å²) in [6.45, 7) is 14.9. The molecule has 2 nitrogen and oxygen atoms in total.